The fraction of sp³-hybridized carbons (Fsp3) is 0.250. The fourth-order valence-electron chi connectivity index (χ4n) is 3.17. The molecule has 1 aliphatic heterocycles. The predicted octanol–water partition coefficient (Wildman–Crippen LogP) is 4.14. The number of rotatable bonds is 4. The number of carbonyl (C=O) groups excluding carboxylic acids is 1. The van der Waals surface area contributed by atoms with Gasteiger partial charge in [0.25, 0.3) is 5.91 Å². The smallest absolute Gasteiger partial charge is 0.256 e. The summed E-state index contributed by atoms with van der Waals surface area (Å²) in [6.45, 7) is 2.67. The second-order valence-electron chi connectivity index (χ2n) is 6.71. The van der Waals surface area contributed by atoms with Crippen LogP contribution in [0.2, 0.25) is 10.0 Å². The lowest BCUT2D eigenvalue weighted by Gasteiger charge is -2.34. The van der Waals surface area contributed by atoms with E-state index in [4.69, 9.17) is 27.7 Å². The molecule has 0 N–H and O–H groups in total. The fourth-order valence-corrected chi connectivity index (χ4v) is 3.47. The van der Waals surface area contributed by atoms with E-state index >= 15 is 0 Å². The van der Waals surface area contributed by atoms with Gasteiger partial charge in [0.1, 0.15) is 5.82 Å². The van der Waals surface area contributed by atoms with Crippen molar-refractivity contribution >= 4 is 29.1 Å². The van der Waals surface area contributed by atoms with Crippen LogP contribution in [0.1, 0.15) is 16.2 Å². The molecule has 0 aliphatic carbocycles. The van der Waals surface area contributed by atoms with Crippen LogP contribution in [0.25, 0.3) is 11.4 Å². The maximum absolute atomic E-state index is 14.0. The lowest BCUT2D eigenvalue weighted by molar-refractivity contribution is 0.0610. The maximum Gasteiger partial charge on any atom is 0.256 e. The molecule has 0 atom stereocenters. The number of amides is 1. The summed E-state index contributed by atoms with van der Waals surface area (Å²) in [5, 5.41) is 4.98. The molecule has 6 nitrogen and oxygen atoms in total. The van der Waals surface area contributed by atoms with Crippen LogP contribution in [0.5, 0.6) is 0 Å². The summed E-state index contributed by atoms with van der Waals surface area (Å²) in [4.78, 5) is 20.7. The Morgan fingerprint density at radius 1 is 1.03 bits per heavy atom. The first-order valence-electron chi connectivity index (χ1n) is 9.05. The van der Waals surface area contributed by atoms with Gasteiger partial charge in [-0.3, -0.25) is 9.69 Å². The van der Waals surface area contributed by atoms with Crippen LogP contribution in [0, 0.1) is 5.82 Å². The molecule has 29 heavy (non-hydrogen) atoms. The van der Waals surface area contributed by atoms with E-state index in [-0.39, 0.29) is 11.5 Å². The van der Waals surface area contributed by atoms with Gasteiger partial charge in [0.15, 0.2) is 0 Å². The molecule has 0 bridgehead atoms. The Kier molecular flexibility index (Phi) is 5.80. The van der Waals surface area contributed by atoms with Crippen molar-refractivity contribution in [2.45, 2.75) is 6.54 Å². The number of halogens is 3. The number of nitrogens with zero attached hydrogens (tertiary/aromatic N) is 4. The van der Waals surface area contributed by atoms with Gasteiger partial charge in [-0.05, 0) is 42.5 Å². The second kappa shape index (κ2) is 8.49. The van der Waals surface area contributed by atoms with Gasteiger partial charge in [-0.15, -0.1) is 0 Å². The third kappa shape index (κ3) is 4.58. The maximum atomic E-state index is 14.0. The lowest BCUT2D eigenvalue weighted by atomic mass is 10.1. The molecule has 1 aliphatic rings. The summed E-state index contributed by atoms with van der Waals surface area (Å²) < 4.78 is 19.3. The molecule has 2 aromatic carbocycles. The molecule has 1 saturated heterocycles. The van der Waals surface area contributed by atoms with Crippen molar-refractivity contribution in [3.8, 4) is 11.4 Å². The highest BCUT2D eigenvalue weighted by molar-refractivity contribution is 6.31. The molecule has 150 valence electrons. The van der Waals surface area contributed by atoms with Crippen LogP contribution >= 0.6 is 23.2 Å². The molecule has 1 aromatic heterocycles. The van der Waals surface area contributed by atoms with Crippen LogP contribution in [0.4, 0.5) is 4.39 Å². The first kappa shape index (κ1) is 19.8. The molecule has 1 fully saturated rings. The Hall–Kier alpha value is -2.48. The summed E-state index contributed by atoms with van der Waals surface area (Å²) >= 11 is 11.8. The Bertz CT molecular complexity index is 1020. The standard InChI is InChI=1S/C20H17Cl2FN4O2/c21-14-3-1-13(2-4-14)19-24-18(29-25-19)12-26-7-9-27(10-8-26)20(28)16-11-15(22)5-6-17(16)23/h1-6,11H,7-10,12H2. The first-order valence-corrected chi connectivity index (χ1v) is 9.80. The molecule has 3 aromatic rings. The van der Waals surface area contributed by atoms with Gasteiger partial charge < -0.3 is 9.42 Å². The zero-order valence-electron chi connectivity index (χ0n) is 15.3. The Balaban J connectivity index is 1.35. The normalized spacial score (nSPS) is 14.9. The van der Waals surface area contributed by atoms with Crippen molar-refractivity contribution in [3.05, 3.63) is 69.8 Å². The zero-order chi connectivity index (χ0) is 20.4. The van der Waals surface area contributed by atoms with Crippen molar-refractivity contribution in [2.75, 3.05) is 26.2 Å². The first-order chi connectivity index (χ1) is 14.0. The van der Waals surface area contributed by atoms with Gasteiger partial charge >= 0.3 is 0 Å². The lowest BCUT2D eigenvalue weighted by Crippen LogP contribution is -2.48. The minimum Gasteiger partial charge on any atom is -0.338 e. The molecular formula is C20H17Cl2FN4O2. The van der Waals surface area contributed by atoms with Crippen molar-refractivity contribution in [2.24, 2.45) is 0 Å². The van der Waals surface area contributed by atoms with Gasteiger partial charge in [-0.2, -0.15) is 4.98 Å². The summed E-state index contributed by atoms with van der Waals surface area (Å²) in [7, 11) is 0. The van der Waals surface area contributed by atoms with E-state index in [0.29, 0.717) is 54.5 Å². The molecule has 1 amide bonds. The summed E-state index contributed by atoms with van der Waals surface area (Å²) in [6.07, 6.45) is 0. The van der Waals surface area contributed by atoms with E-state index in [2.05, 4.69) is 15.0 Å². The minimum atomic E-state index is -0.567. The molecule has 0 unspecified atom stereocenters. The molecule has 4 rings (SSSR count). The van der Waals surface area contributed by atoms with Crippen molar-refractivity contribution in [3.63, 3.8) is 0 Å². The van der Waals surface area contributed by atoms with Crippen LogP contribution in [0.15, 0.2) is 47.0 Å². The van der Waals surface area contributed by atoms with Crippen LogP contribution < -0.4 is 0 Å². The van der Waals surface area contributed by atoms with Crippen LogP contribution in [0.3, 0.4) is 0 Å². The van der Waals surface area contributed by atoms with E-state index in [9.17, 15) is 9.18 Å². The highest BCUT2D eigenvalue weighted by atomic mass is 35.5. The van der Waals surface area contributed by atoms with E-state index in [0.717, 1.165) is 5.56 Å². The molecule has 0 saturated carbocycles. The third-order valence-electron chi connectivity index (χ3n) is 4.75. The quantitative estimate of drug-likeness (QED) is 0.617. The molecular weight excluding hydrogens is 418 g/mol. The topological polar surface area (TPSA) is 62.5 Å². The molecule has 9 heteroatoms. The van der Waals surface area contributed by atoms with E-state index in [1.54, 1.807) is 17.0 Å². The summed E-state index contributed by atoms with van der Waals surface area (Å²) in [5.41, 5.74) is 0.818. The van der Waals surface area contributed by atoms with Crippen LogP contribution in [-0.2, 0) is 6.54 Å². The number of carbonyl (C=O) groups is 1. The summed E-state index contributed by atoms with van der Waals surface area (Å²) in [6, 6.07) is 11.2. The molecule has 2 heterocycles. The van der Waals surface area contributed by atoms with Gasteiger partial charge in [0, 0.05) is 41.8 Å². The van der Waals surface area contributed by atoms with Crippen LogP contribution in [-0.4, -0.2) is 52.0 Å². The van der Waals surface area contributed by atoms with Gasteiger partial charge in [0.2, 0.25) is 11.7 Å². The Morgan fingerprint density at radius 3 is 2.45 bits per heavy atom. The highest BCUT2D eigenvalue weighted by Gasteiger charge is 2.25. The van der Waals surface area contributed by atoms with E-state index < -0.39 is 5.82 Å². The monoisotopic (exact) mass is 434 g/mol. The number of piperazine rings is 1. The Labute approximate surface area is 176 Å². The number of benzene rings is 2. The summed E-state index contributed by atoms with van der Waals surface area (Å²) in [5.74, 6) is 0.0763. The minimum absolute atomic E-state index is 0.00421. The average molecular weight is 435 g/mol. The number of hydrogen-bond acceptors (Lipinski definition) is 5. The molecule has 0 radical (unpaired) electrons. The van der Waals surface area contributed by atoms with Gasteiger partial charge in [0.05, 0.1) is 12.1 Å². The van der Waals surface area contributed by atoms with E-state index in [1.807, 2.05) is 12.1 Å². The third-order valence-corrected chi connectivity index (χ3v) is 5.23. The largest absolute Gasteiger partial charge is 0.338 e. The average Bonchev–Trinajstić information content (AvgIpc) is 3.19. The SMILES string of the molecule is O=C(c1cc(Cl)ccc1F)N1CCN(Cc2nc(-c3ccc(Cl)cc3)no2)CC1. The van der Waals surface area contributed by atoms with Gasteiger partial charge in [-0.1, -0.05) is 28.4 Å². The Morgan fingerprint density at radius 2 is 1.72 bits per heavy atom. The number of hydrogen-bond donors (Lipinski definition) is 0. The van der Waals surface area contributed by atoms with Crippen molar-refractivity contribution in [1.82, 2.24) is 19.9 Å². The van der Waals surface area contributed by atoms with Gasteiger partial charge in [-0.25, -0.2) is 4.39 Å². The zero-order valence-corrected chi connectivity index (χ0v) is 16.8. The van der Waals surface area contributed by atoms with E-state index in [1.165, 1.54) is 18.2 Å². The molecule has 0 spiro atoms. The second-order valence-corrected chi connectivity index (χ2v) is 7.58. The highest BCUT2D eigenvalue weighted by Crippen LogP contribution is 2.20. The van der Waals surface area contributed by atoms with Crippen molar-refractivity contribution < 1.29 is 13.7 Å². The number of aromatic nitrogens is 2. The van der Waals surface area contributed by atoms with Crippen molar-refractivity contribution in [1.29, 1.82) is 0 Å². The predicted molar refractivity (Wildman–Crippen MR) is 107 cm³/mol.